The third kappa shape index (κ3) is 4.21. The van der Waals surface area contributed by atoms with Gasteiger partial charge in [0.2, 0.25) is 0 Å². The first kappa shape index (κ1) is 15.8. The fourth-order valence-corrected chi connectivity index (χ4v) is 2.63. The van der Waals surface area contributed by atoms with Crippen molar-refractivity contribution < 1.29 is 9.53 Å². The van der Waals surface area contributed by atoms with Crippen LogP contribution >= 0.6 is 11.6 Å². The number of nitrogens with zero attached hydrogens (tertiary/aromatic N) is 1. The summed E-state index contributed by atoms with van der Waals surface area (Å²) in [5.41, 5.74) is 2.77. The second-order valence-corrected chi connectivity index (χ2v) is 5.83. The molecule has 2 aromatic rings. The van der Waals surface area contributed by atoms with Crippen LogP contribution in [0.25, 0.3) is 6.08 Å². The standard InChI is InChI=1S/C19H18ClNO2/c20-17-6-1-15(2-7-17)3-10-19(22)16-4-8-18(9-5-16)21-11-13-23-14-12-21/h1-10H,11-14H2. The highest BCUT2D eigenvalue weighted by atomic mass is 35.5. The van der Waals surface area contributed by atoms with Crippen molar-refractivity contribution in [3.63, 3.8) is 0 Å². The number of benzene rings is 2. The molecule has 4 heteroatoms. The van der Waals surface area contributed by atoms with Crippen LogP contribution in [0.4, 0.5) is 5.69 Å². The van der Waals surface area contributed by atoms with E-state index in [-0.39, 0.29) is 5.78 Å². The van der Waals surface area contributed by atoms with Crippen LogP contribution in [0.5, 0.6) is 0 Å². The van der Waals surface area contributed by atoms with Crippen molar-refractivity contribution in [1.82, 2.24) is 0 Å². The van der Waals surface area contributed by atoms with E-state index in [0.717, 1.165) is 37.6 Å². The molecule has 0 aromatic heterocycles. The Balaban J connectivity index is 1.66. The zero-order valence-electron chi connectivity index (χ0n) is 12.7. The molecule has 0 unspecified atom stereocenters. The van der Waals surface area contributed by atoms with E-state index in [0.29, 0.717) is 10.6 Å². The lowest BCUT2D eigenvalue weighted by Gasteiger charge is -2.28. The van der Waals surface area contributed by atoms with Gasteiger partial charge in [0.05, 0.1) is 13.2 Å². The summed E-state index contributed by atoms with van der Waals surface area (Å²) in [6.45, 7) is 3.29. The maximum absolute atomic E-state index is 12.2. The molecule has 23 heavy (non-hydrogen) atoms. The maximum Gasteiger partial charge on any atom is 0.185 e. The molecule has 0 radical (unpaired) electrons. The van der Waals surface area contributed by atoms with E-state index in [1.165, 1.54) is 0 Å². The van der Waals surface area contributed by atoms with Gasteiger partial charge in [0, 0.05) is 29.4 Å². The van der Waals surface area contributed by atoms with Gasteiger partial charge in [-0.3, -0.25) is 4.79 Å². The zero-order valence-corrected chi connectivity index (χ0v) is 13.5. The average Bonchev–Trinajstić information content (AvgIpc) is 2.62. The van der Waals surface area contributed by atoms with E-state index < -0.39 is 0 Å². The average molecular weight is 328 g/mol. The Bertz CT molecular complexity index is 686. The largest absolute Gasteiger partial charge is 0.378 e. The fraction of sp³-hybridized carbons (Fsp3) is 0.211. The van der Waals surface area contributed by atoms with Gasteiger partial charge in [0.15, 0.2) is 5.78 Å². The lowest BCUT2D eigenvalue weighted by Crippen LogP contribution is -2.36. The van der Waals surface area contributed by atoms with Crippen LogP contribution in [0, 0.1) is 0 Å². The lowest BCUT2D eigenvalue weighted by molar-refractivity contribution is 0.104. The Morgan fingerprint density at radius 3 is 2.30 bits per heavy atom. The third-order valence-electron chi connectivity index (χ3n) is 3.83. The number of hydrogen-bond acceptors (Lipinski definition) is 3. The van der Waals surface area contributed by atoms with Crippen molar-refractivity contribution in [2.24, 2.45) is 0 Å². The van der Waals surface area contributed by atoms with Gasteiger partial charge in [-0.25, -0.2) is 0 Å². The third-order valence-corrected chi connectivity index (χ3v) is 4.08. The van der Waals surface area contributed by atoms with Crippen LogP contribution in [0.1, 0.15) is 15.9 Å². The van der Waals surface area contributed by atoms with Crippen molar-refractivity contribution >= 4 is 29.1 Å². The molecule has 1 aliphatic heterocycles. The van der Waals surface area contributed by atoms with E-state index in [1.54, 1.807) is 12.2 Å². The normalized spacial score (nSPS) is 15.1. The van der Waals surface area contributed by atoms with Crippen LogP contribution in [0.15, 0.2) is 54.6 Å². The van der Waals surface area contributed by atoms with Gasteiger partial charge >= 0.3 is 0 Å². The Morgan fingerprint density at radius 1 is 1.00 bits per heavy atom. The Labute approximate surface area is 141 Å². The molecule has 118 valence electrons. The summed E-state index contributed by atoms with van der Waals surface area (Å²) in [5, 5.41) is 0.687. The minimum atomic E-state index is -0.00604. The number of ketones is 1. The second-order valence-electron chi connectivity index (χ2n) is 5.40. The summed E-state index contributed by atoms with van der Waals surface area (Å²) in [7, 11) is 0. The Morgan fingerprint density at radius 2 is 1.65 bits per heavy atom. The number of carbonyl (C=O) groups excluding carboxylic acids is 1. The van der Waals surface area contributed by atoms with E-state index in [9.17, 15) is 4.79 Å². The minimum absolute atomic E-state index is 0.00604. The number of halogens is 1. The summed E-state index contributed by atoms with van der Waals surface area (Å²) >= 11 is 5.85. The number of hydrogen-bond donors (Lipinski definition) is 0. The van der Waals surface area contributed by atoms with Crippen LogP contribution in [-0.4, -0.2) is 32.1 Å². The molecule has 0 saturated carbocycles. The summed E-state index contributed by atoms with van der Waals surface area (Å²) in [4.78, 5) is 14.5. The zero-order chi connectivity index (χ0) is 16.1. The molecule has 1 heterocycles. The summed E-state index contributed by atoms with van der Waals surface area (Å²) in [6.07, 6.45) is 3.39. The topological polar surface area (TPSA) is 29.5 Å². The van der Waals surface area contributed by atoms with E-state index in [2.05, 4.69) is 4.90 Å². The van der Waals surface area contributed by atoms with Gasteiger partial charge in [-0.1, -0.05) is 29.8 Å². The smallest absolute Gasteiger partial charge is 0.185 e. The van der Waals surface area contributed by atoms with E-state index >= 15 is 0 Å². The number of allylic oxidation sites excluding steroid dienone is 1. The molecule has 3 nitrogen and oxygen atoms in total. The summed E-state index contributed by atoms with van der Waals surface area (Å²) < 4.78 is 5.35. The van der Waals surface area contributed by atoms with Crippen LogP contribution in [-0.2, 0) is 4.74 Å². The van der Waals surface area contributed by atoms with Crippen LogP contribution < -0.4 is 4.90 Å². The highest BCUT2D eigenvalue weighted by Gasteiger charge is 2.11. The van der Waals surface area contributed by atoms with E-state index in [1.807, 2.05) is 48.5 Å². The molecule has 1 aliphatic rings. The fourth-order valence-electron chi connectivity index (χ4n) is 2.50. The van der Waals surface area contributed by atoms with E-state index in [4.69, 9.17) is 16.3 Å². The number of morpholine rings is 1. The number of carbonyl (C=O) groups is 1. The summed E-state index contributed by atoms with van der Waals surface area (Å²) in [5.74, 6) is -0.00604. The monoisotopic (exact) mass is 327 g/mol. The highest BCUT2D eigenvalue weighted by molar-refractivity contribution is 6.30. The molecule has 1 saturated heterocycles. The Hall–Kier alpha value is -2.10. The number of rotatable bonds is 4. The molecule has 0 spiro atoms. The van der Waals surface area contributed by atoms with Gasteiger partial charge in [-0.05, 0) is 48.0 Å². The maximum atomic E-state index is 12.2. The van der Waals surface area contributed by atoms with Gasteiger partial charge in [0.25, 0.3) is 0 Å². The number of ether oxygens (including phenoxy) is 1. The molecular formula is C19H18ClNO2. The van der Waals surface area contributed by atoms with Crippen molar-refractivity contribution in [2.75, 3.05) is 31.2 Å². The highest BCUT2D eigenvalue weighted by Crippen LogP contribution is 2.17. The Kier molecular flexibility index (Phi) is 5.11. The molecule has 3 rings (SSSR count). The first-order chi connectivity index (χ1) is 11.2. The molecule has 0 bridgehead atoms. The number of anilines is 1. The lowest BCUT2D eigenvalue weighted by atomic mass is 10.1. The van der Waals surface area contributed by atoms with Crippen molar-refractivity contribution in [3.05, 3.63) is 70.8 Å². The van der Waals surface area contributed by atoms with Crippen LogP contribution in [0.3, 0.4) is 0 Å². The predicted octanol–water partition coefficient (Wildman–Crippen LogP) is 4.07. The second kappa shape index (κ2) is 7.44. The van der Waals surface area contributed by atoms with Gasteiger partial charge < -0.3 is 9.64 Å². The van der Waals surface area contributed by atoms with Crippen molar-refractivity contribution in [1.29, 1.82) is 0 Å². The van der Waals surface area contributed by atoms with Crippen molar-refractivity contribution in [2.45, 2.75) is 0 Å². The molecule has 0 N–H and O–H groups in total. The van der Waals surface area contributed by atoms with Gasteiger partial charge in [0.1, 0.15) is 0 Å². The molecule has 0 atom stereocenters. The first-order valence-electron chi connectivity index (χ1n) is 7.63. The first-order valence-corrected chi connectivity index (χ1v) is 8.01. The minimum Gasteiger partial charge on any atom is -0.378 e. The van der Waals surface area contributed by atoms with Gasteiger partial charge in [-0.15, -0.1) is 0 Å². The molecular weight excluding hydrogens is 310 g/mol. The van der Waals surface area contributed by atoms with Gasteiger partial charge in [-0.2, -0.15) is 0 Å². The molecule has 0 aliphatic carbocycles. The molecule has 1 fully saturated rings. The summed E-state index contributed by atoms with van der Waals surface area (Å²) in [6, 6.07) is 15.1. The SMILES string of the molecule is O=C(C=Cc1ccc(Cl)cc1)c1ccc(N2CCOCC2)cc1. The van der Waals surface area contributed by atoms with Crippen LogP contribution in [0.2, 0.25) is 5.02 Å². The molecule has 0 amide bonds. The quantitative estimate of drug-likeness (QED) is 0.626. The predicted molar refractivity (Wildman–Crippen MR) is 94.3 cm³/mol. The molecule has 2 aromatic carbocycles. The van der Waals surface area contributed by atoms with Crippen molar-refractivity contribution in [3.8, 4) is 0 Å².